The second kappa shape index (κ2) is 6.39. The summed E-state index contributed by atoms with van der Waals surface area (Å²) in [5.41, 5.74) is 1.57. The number of carbonyl (C=O) groups excluding carboxylic acids is 1. The molecule has 0 saturated carbocycles. The number of anilines is 1. The second-order valence-corrected chi connectivity index (χ2v) is 5.98. The lowest BCUT2D eigenvalue weighted by molar-refractivity contribution is -0.116. The van der Waals surface area contributed by atoms with Crippen molar-refractivity contribution in [2.45, 2.75) is 19.9 Å². The molecule has 1 aromatic carbocycles. The SMILES string of the molecule is Cc1cccc(NC(=O)CCn2cnc3c2c(=O)n(C)c(=O)n3C)c1. The van der Waals surface area contributed by atoms with Gasteiger partial charge in [0, 0.05) is 32.7 Å². The molecule has 0 bridgehead atoms. The van der Waals surface area contributed by atoms with Crippen LogP contribution in [0, 0.1) is 6.92 Å². The van der Waals surface area contributed by atoms with Crippen LogP contribution < -0.4 is 16.6 Å². The lowest BCUT2D eigenvalue weighted by atomic mass is 10.2. The third kappa shape index (κ3) is 3.10. The van der Waals surface area contributed by atoms with Gasteiger partial charge in [-0.1, -0.05) is 12.1 Å². The Morgan fingerprint density at radius 1 is 1.20 bits per heavy atom. The summed E-state index contributed by atoms with van der Waals surface area (Å²) in [5, 5.41) is 2.83. The highest BCUT2D eigenvalue weighted by Crippen LogP contribution is 2.11. The molecule has 0 fully saturated rings. The first kappa shape index (κ1) is 16.7. The maximum atomic E-state index is 12.3. The predicted molar refractivity (Wildman–Crippen MR) is 94.6 cm³/mol. The van der Waals surface area contributed by atoms with Gasteiger partial charge in [0.15, 0.2) is 11.2 Å². The number of fused-ring (bicyclic) bond motifs is 1. The van der Waals surface area contributed by atoms with Gasteiger partial charge in [0.05, 0.1) is 6.33 Å². The third-order valence-electron chi connectivity index (χ3n) is 4.10. The van der Waals surface area contributed by atoms with Crippen molar-refractivity contribution in [3.63, 3.8) is 0 Å². The quantitative estimate of drug-likeness (QED) is 0.759. The first-order chi connectivity index (χ1) is 11.9. The molecule has 0 aliphatic heterocycles. The number of aromatic nitrogens is 4. The zero-order valence-corrected chi connectivity index (χ0v) is 14.3. The molecule has 0 aliphatic carbocycles. The van der Waals surface area contributed by atoms with E-state index >= 15 is 0 Å². The van der Waals surface area contributed by atoms with Gasteiger partial charge in [-0.2, -0.15) is 0 Å². The van der Waals surface area contributed by atoms with Crippen molar-refractivity contribution in [2.24, 2.45) is 14.1 Å². The molecule has 2 aromatic heterocycles. The molecule has 0 radical (unpaired) electrons. The summed E-state index contributed by atoms with van der Waals surface area (Å²) in [4.78, 5) is 40.5. The van der Waals surface area contributed by atoms with E-state index in [9.17, 15) is 14.4 Å². The molecule has 8 nitrogen and oxygen atoms in total. The Morgan fingerprint density at radius 2 is 1.96 bits per heavy atom. The fraction of sp³-hybridized carbons (Fsp3) is 0.294. The minimum absolute atomic E-state index is 0.158. The Bertz CT molecular complexity index is 1070. The van der Waals surface area contributed by atoms with Crippen LogP contribution in [0.2, 0.25) is 0 Å². The van der Waals surface area contributed by atoms with E-state index in [1.54, 1.807) is 11.6 Å². The Labute approximate surface area is 143 Å². The Balaban J connectivity index is 1.81. The zero-order chi connectivity index (χ0) is 18.1. The van der Waals surface area contributed by atoms with Crippen molar-refractivity contribution >= 4 is 22.8 Å². The number of imidazole rings is 1. The van der Waals surface area contributed by atoms with Gasteiger partial charge in [-0.15, -0.1) is 0 Å². The predicted octanol–water partition coefficient (Wildman–Crippen LogP) is 0.771. The maximum Gasteiger partial charge on any atom is 0.332 e. The summed E-state index contributed by atoms with van der Waals surface area (Å²) in [7, 11) is 2.98. The standard InChI is InChI=1S/C17H19N5O3/c1-11-5-4-6-12(9-11)19-13(23)7-8-22-10-18-15-14(22)16(24)21(3)17(25)20(15)2/h4-6,9-10H,7-8H2,1-3H3,(H,19,23). The molecular formula is C17H19N5O3. The number of nitrogens with zero attached hydrogens (tertiary/aromatic N) is 4. The minimum Gasteiger partial charge on any atom is -0.326 e. The molecule has 0 saturated heterocycles. The molecule has 0 atom stereocenters. The molecule has 8 heteroatoms. The van der Waals surface area contributed by atoms with E-state index < -0.39 is 11.2 Å². The van der Waals surface area contributed by atoms with Crippen molar-refractivity contribution in [3.05, 3.63) is 57.0 Å². The monoisotopic (exact) mass is 341 g/mol. The van der Waals surface area contributed by atoms with Gasteiger partial charge in [-0.25, -0.2) is 9.78 Å². The van der Waals surface area contributed by atoms with Crippen molar-refractivity contribution < 1.29 is 4.79 Å². The van der Waals surface area contributed by atoms with E-state index in [4.69, 9.17) is 0 Å². The first-order valence-corrected chi connectivity index (χ1v) is 7.86. The summed E-state index contributed by atoms with van der Waals surface area (Å²) in [6.45, 7) is 2.24. The molecule has 25 heavy (non-hydrogen) atoms. The van der Waals surface area contributed by atoms with Gasteiger partial charge < -0.3 is 9.88 Å². The molecule has 0 aliphatic rings. The largest absolute Gasteiger partial charge is 0.332 e. The molecule has 3 rings (SSSR count). The number of aryl methyl sites for hydroxylation is 3. The number of carbonyl (C=O) groups is 1. The fourth-order valence-corrected chi connectivity index (χ4v) is 2.73. The van der Waals surface area contributed by atoms with E-state index in [2.05, 4.69) is 10.3 Å². The van der Waals surface area contributed by atoms with Gasteiger partial charge in [0.25, 0.3) is 5.56 Å². The van der Waals surface area contributed by atoms with Crippen LogP contribution in [-0.2, 0) is 25.4 Å². The Hall–Kier alpha value is -3.16. The number of hydrogen-bond donors (Lipinski definition) is 1. The molecule has 2 heterocycles. The Morgan fingerprint density at radius 3 is 2.68 bits per heavy atom. The molecular weight excluding hydrogens is 322 g/mol. The average Bonchev–Trinajstić information content (AvgIpc) is 3.00. The van der Waals surface area contributed by atoms with Crippen molar-refractivity contribution in [3.8, 4) is 0 Å². The van der Waals surface area contributed by atoms with Gasteiger partial charge >= 0.3 is 5.69 Å². The lowest BCUT2D eigenvalue weighted by Crippen LogP contribution is -2.37. The van der Waals surface area contributed by atoms with Crippen LogP contribution in [-0.4, -0.2) is 24.6 Å². The first-order valence-electron chi connectivity index (χ1n) is 7.86. The normalized spacial score (nSPS) is 11.0. The molecule has 3 aromatic rings. The smallest absolute Gasteiger partial charge is 0.326 e. The van der Waals surface area contributed by atoms with E-state index in [1.807, 2.05) is 31.2 Å². The average molecular weight is 341 g/mol. The van der Waals surface area contributed by atoms with Crippen LogP contribution in [0.25, 0.3) is 11.2 Å². The highest BCUT2D eigenvalue weighted by atomic mass is 16.2. The van der Waals surface area contributed by atoms with E-state index in [1.165, 1.54) is 17.9 Å². The molecule has 130 valence electrons. The van der Waals surface area contributed by atoms with Crippen LogP contribution in [0.5, 0.6) is 0 Å². The van der Waals surface area contributed by atoms with Crippen LogP contribution >= 0.6 is 0 Å². The number of nitrogens with one attached hydrogen (secondary N) is 1. The van der Waals surface area contributed by atoms with Crippen LogP contribution in [0.3, 0.4) is 0 Å². The van der Waals surface area contributed by atoms with Crippen LogP contribution in [0.1, 0.15) is 12.0 Å². The summed E-state index contributed by atoms with van der Waals surface area (Å²) in [6.07, 6.45) is 1.66. The van der Waals surface area contributed by atoms with E-state index in [-0.39, 0.29) is 12.3 Å². The van der Waals surface area contributed by atoms with Crippen LogP contribution in [0.15, 0.2) is 40.2 Å². The van der Waals surface area contributed by atoms with Gasteiger partial charge in [-0.3, -0.25) is 18.7 Å². The van der Waals surface area contributed by atoms with Gasteiger partial charge in [0.1, 0.15) is 0 Å². The van der Waals surface area contributed by atoms with Crippen molar-refractivity contribution in [2.75, 3.05) is 5.32 Å². The summed E-state index contributed by atoms with van der Waals surface area (Å²) in [5.74, 6) is -0.158. The number of hydrogen-bond acceptors (Lipinski definition) is 4. The topological polar surface area (TPSA) is 90.9 Å². The minimum atomic E-state index is -0.431. The van der Waals surface area contributed by atoms with E-state index in [0.29, 0.717) is 17.7 Å². The van der Waals surface area contributed by atoms with Crippen molar-refractivity contribution in [1.29, 1.82) is 0 Å². The third-order valence-corrected chi connectivity index (χ3v) is 4.10. The van der Waals surface area contributed by atoms with Gasteiger partial charge in [-0.05, 0) is 24.6 Å². The Kier molecular flexibility index (Phi) is 4.26. The molecule has 1 amide bonds. The summed E-state index contributed by atoms with van der Waals surface area (Å²) >= 11 is 0. The number of rotatable bonds is 4. The highest BCUT2D eigenvalue weighted by Gasteiger charge is 2.14. The fourth-order valence-electron chi connectivity index (χ4n) is 2.73. The number of benzene rings is 1. The van der Waals surface area contributed by atoms with Gasteiger partial charge in [0.2, 0.25) is 5.91 Å². The zero-order valence-electron chi connectivity index (χ0n) is 14.3. The van der Waals surface area contributed by atoms with Crippen molar-refractivity contribution in [1.82, 2.24) is 18.7 Å². The molecule has 0 spiro atoms. The maximum absolute atomic E-state index is 12.3. The second-order valence-electron chi connectivity index (χ2n) is 5.98. The number of amides is 1. The summed E-state index contributed by atoms with van der Waals surface area (Å²) in [6, 6.07) is 7.53. The molecule has 0 unspecified atom stereocenters. The highest BCUT2D eigenvalue weighted by molar-refractivity contribution is 5.90. The summed E-state index contributed by atoms with van der Waals surface area (Å²) < 4.78 is 3.96. The van der Waals surface area contributed by atoms with E-state index in [0.717, 1.165) is 15.8 Å². The van der Waals surface area contributed by atoms with Crippen LogP contribution in [0.4, 0.5) is 5.69 Å². The molecule has 1 N–H and O–H groups in total. The lowest BCUT2D eigenvalue weighted by Gasteiger charge is -2.08.